The van der Waals surface area contributed by atoms with Crippen LogP contribution in [0.1, 0.15) is 22.9 Å². The highest BCUT2D eigenvalue weighted by Gasteiger charge is 2.18. The largest absolute Gasteiger partial charge is 0.497 e. The van der Waals surface area contributed by atoms with E-state index >= 15 is 0 Å². The van der Waals surface area contributed by atoms with E-state index in [9.17, 15) is 9.18 Å². The van der Waals surface area contributed by atoms with Crippen molar-refractivity contribution in [1.29, 1.82) is 0 Å². The predicted octanol–water partition coefficient (Wildman–Crippen LogP) is 4.69. The van der Waals surface area contributed by atoms with Crippen LogP contribution in [0.2, 0.25) is 0 Å². The summed E-state index contributed by atoms with van der Waals surface area (Å²) < 4.78 is 18.3. The lowest BCUT2D eigenvalue weighted by Gasteiger charge is -2.28. The summed E-state index contributed by atoms with van der Waals surface area (Å²) in [6.07, 6.45) is 1.58. The molecule has 0 aliphatic heterocycles. The van der Waals surface area contributed by atoms with Gasteiger partial charge in [0.15, 0.2) is 0 Å². The molecule has 2 aromatic carbocycles. The molecular weight excluding hydrogens is 411 g/mol. The minimum atomic E-state index is -0.248. The van der Waals surface area contributed by atoms with Crippen LogP contribution in [0.3, 0.4) is 0 Å². The van der Waals surface area contributed by atoms with Crippen LogP contribution in [0.25, 0.3) is 0 Å². The highest BCUT2D eigenvalue weighted by molar-refractivity contribution is 7.09. The number of benzene rings is 2. The second-order valence-corrected chi connectivity index (χ2v) is 8.64. The molecule has 1 amide bonds. The fraction of sp³-hybridized carbons (Fsp3) is 0.320. The molecule has 1 atom stereocenters. The molecule has 0 saturated heterocycles. The van der Waals surface area contributed by atoms with Gasteiger partial charge in [-0.1, -0.05) is 30.3 Å². The van der Waals surface area contributed by atoms with Gasteiger partial charge in [0.25, 0.3) is 0 Å². The maximum atomic E-state index is 13.0. The van der Waals surface area contributed by atoms with Gasteiger partial charge in [0.2, 0.25) is 5.91 Å². The standard InChI is InChI=1S/C25H29FN2O2S/c1-19(16-24-4-3-15-31-24)28(17-21-7-11-23(30-2)12-8-21)18-25(29)27-14-13-20-5-9-22(26)10-6-20/h3-12,15,19H,13-14,16-18H2,1-2H3,(H,27,29)/t19-/m0/s1. The zero-order valence-corrected chi connectivity index (χ0v) is 18.8. The molecule has 0 aliphatic rings. The van der Waals surface area contributed by atoms with Gasteiger partial charge in [0.1, 0.15) is 11.6 Å². The van der Waals surface area contributed by atoms with E-state index in [1.54, 1.807) is 30.6 Å². The normalized spacial score (nSPS) is 12.0. The highest BCUT2D eigenvalue weighted by atomic mass is 32.1. The molecule has 3 aromatic rings. The summed E-state index contributed by atoms with van der Waals surface area (Å²) in [6, 6.07) is 18.8. The SMILES string of the molecule is COc1ccc(CN(CC(=O)NCCc2ccc(F)cc2)[C@@H](C)Cc2cccs2)cc1. The monoisotopic (exact) mass is 440 g/mol. The van der Waals surface area contributed by atoms with Gasteiger partial charge in [0.05, 0.1) is 13.7 Å². The van der Waals surface area contributed by atoms with Crippen molar-refractivity contribution in [2.24, 2.45) is 0 Å². The maximum absolute atomic E-state index is 13.0. The van der Waals surface area contributed by atoms with Crippen LogP contribution < -0.4 is 10.1 Å². The molecule has 1 heterocycles. The van der Waals surface area contributed by atoms with E-state index in [1.807, 2.05) is 24.3 Å². The first-order valence-corrected chi connectivity index (χ1v) is 11.3. The Kier molecular flexibility index (Phi) is 8.62. The average Bonchev–Trinajstić information content (AvgIpc) is 3.28. The van der Waals surface area contributed by atoms with E-state index in [0.29, 0.717) is 26.1 Å². The molecule has 3 rings (SSSR count). The Morgan fingerprint density at radius 3 is 2.45 bits per heavy atom. The molecule has 164 valence electrons. The topological polar surface area (TPSA) is 41.6 Å². The third-order valence-electron chi connectivity index (χ3n) is 5.24. The first-order chi connectivity index (χ1) is 15.0. The minimum absolute atomic E-state index is 0.00588. The van der Waals surface area contributed by atoms with Crippen LogP contribution in [-0.4, -0.2) is 37.0 Å². The molecule has 0 aliphatic carbocycles. The molecule has 0 spiro atoms. The molecule has 31 heavy (non-hydrogen) atoms. The molecule has 0 fully saturated rings. The summed E-state index contributed by atoms with van der Waals surface area (Å²) in [4.78, 5) is 16.2. The molecule has 6 heteroatoms. The van der Waals surface area contributed by atoms with Crippen molar-refractivity contribution in [3.8, 4) is 5.75 Å². The predicted molar refractivity (Wildman–Crippen MR) is 124 cm³/mol. The summed E-state index contributed by atoms with van der Waals surface area (Å²) >= 11 is 1.74. The zero-order valence-electron chi connectivity index (χ0n) is 18.0. The third-order valence-corrected chi connectivity index (χ3v) is 6.14. The van der Waals surface area contributed by atoms with Crippen LogP contribution >= 0.6 is 11.3 Å². The Balaban J connectivity index is 1.58. The number of rotatable bonds is 11. The molecule has 1 aromatic heterocycles. The smallest absolute Gasteiger partial charge is 0.234 e. The first-order valence-electron chi connectivity index (χ1n) is 10.4. The van der Waals surface area contributed by atoms with Crippen molar-refractivity contribution in [2.75, 3.05) is 20.2 Å². The lowest BCUT2D eigenvalue weighted by atomic mass is 10.1. The number of hydrogen-bond donors (Lipinski definition) is 1. The second kappa shape index (κ2) is 11.6. The number of nitrogens with one attached hydrogen (secondary N) is 1. The van der Waals surface area contributed by atoms with Crippen LogP contribution in [0.4, 0.5) is 4.39 Å². The van der Waals surface area contributed by atoms with Gasteiger partial charge in [-0.15, -0.1) is 11.3 Å². The lowest BCUT2D eigenvalue weighted by molar-refractivity contribution is -0.122. The zero-order chi connectivity index (χ0) is 22.1. The van der Waals surface area contributed by atoms with Crippen molar-refractivity contribution >= 4 is 17.2 Å². The number of halogens is 1. The Labute approximate surface area is 187 Å². The molecule has 1 N–H and O–H groups in total. The number of amides is 1. The fourth-order valence-corrected chi connectivity index (χ4v) is 4.25. The van der Waals surface area contributed by atoms with Crippen molar-refractivity contribution in [2.45, 2.75) is 32.4 Å². The first kappa shape index (κ1) is 23.0. The third kappa shape index (κ3) is 7.49. The van der Waals surface area contributed by atoms with E-state index in [2.05, 4.69) is 34.7 Å². The van der Waals surface area contributed by atoms with Gasteiger partial charge in [0, 0.05) is 24.0 Å². The van der Waals surface area contributed by atoms with E-state index in [0.717, 1.165) is 23.3 Å². The van der Waals surface area contributed by atoms with Gasteiger partial charge in [-0.3, -0.25) is 9.69 Å². The van der Waals surface area contributed by atoms with Gasteiger partial charge < -0.3 is 10.1 Å². The summed E-state index contributed by atoms with van der Waals surface area (Å²) in [5.74, 6) is 0.566. The van der Waals surface area contributed by atoms with Crippen LogP contribution in [-0.2, 0) is 24.2 Å². The van der Waals surface area contributed by atoms with Gasteiger partial charge >= 0.3 is 0 Å². The van der Waals surface area contributed by atoms with E-state index < -0.39 is 0 Å². The Hall–Kier alpha value is -2.70. The Morgan fingerprint density at radius 1 is 1.10 bits per heavy atom. The van der Waals surface area contributed by atoms with E-state index in [4.69, 9.17) is 4.74 Å². The fourth-order valence-electron chi connectivity index (χ4n) is 3.42. The Morgan fingerprint density at radius 2 is 1.81 bits per heavy atom. The number of nitrogens with zero attached hydrogens (tertiary/aromatic N) is 1. The molecule has 0 saturated carbocycles. The number of carbonyl (C=O) groups excluding carboxylic acids is 1. The van der Waals surface area contributed by atoms with Gasteiger partial charge in [-0.05, 0) is 66.6 Å². The summed E-state index contributed by atoms with van der Waals surface area (Å²) in [5, 5.41) is 5.08. The van der Waals surface area contributed by atoms with Crippen molar-refractivity contribution in [3.63, 3.8) is 0 Å². The number of methoxy groups -OCH3 is 1. The second-order valence-electron chi connectivity index (χ2n) is 7.61. The quantitative estimate of drug-likeness (QED) is 0.470. The van der Waals surface area contributed by atoms with Gasteiger partial charge in [-0.25, -0.2) is 4.39 Å². The molecule has 4 nitrogen and oxygen atoms in total. The number of ether oxygens (including phenoxy) is 1. The van der Waals surface area contributed by atoms with Crippen molar-refractivity contribution < 1.29 is 13.9 Å². The Bertz CT molecular complexity index is 927. The summed E-state index contributed by atoms with van der Waals surface area (Å²) in [7, 11) is 1.65. The van der Waals surface area contributed by atoms with Crippen molar-refractivity contribution in [1.82, 2.24) is 10.2 Å². The van der Waals surface area contributed by atoms with Crippen LogP contribution in [0.5, 0.6) is 5.75 Å². The van der Waals surface area contributed by atoms with E-state index in [-0.39, 0.29) is 17.8 Å². The number of carbonyl (C=O) groups is 1. The number of thiophene rings is 1. The molecule has 0 bridgehead atoms. The highest BCUT2D eigenvalue weighted by Crippen LogP contribution is 2.18. The van der Waals surface area contributed by atoms with Crippen LogP contribution in [0.15, 0.2) is 66.0 Å². The minimum Gasteiger partial charge on any atom is -0.497 e. The summed E-state index contributed by atoms with van der Waals surface area (Å²) in [5.41, 5.74) is 2.14. The van der Waals surface area contributed by atoms with Crippen molar-refractivity contribution in [3.05, 3.63) is 87.9 Å². The average molecular weight is 441 g/mol. The molecule has 0 radical (unpaired) electrons. The van der Waals surface area contributed by atoms with E-state index in [1.165, 1.54) is 17.0 Å². The number of hydrogen-bond acceptors (Lipinski definition) is 4. The van der Waals surface area contributed by atoms with Gasteiger partial charge in [-0.2, -0.15) is 0 Å². The molecule has 0 unspecified atom stereocenters. The van der Waals surface area contributed by atoms with Crippen LogP contribution in [0, 0.1) is 5.82 Å². The molecular formula is C25H29FN2O2S. The lowest BCUT2D eigenvalue weighted by Crippen LogP contribution is -2.42. The maximum Gasteiger partial charge on any atom is 0.234 e. The summed E-state index contributed by atoms with van der Waals surface area (Å²) in [6.45, 7) is 3.69.